The van der Waals surface area contributed by atoms with Gasteiger partial charge in [-0.25, -0.2) is 0 Å². The lowest BCUT2D eigenvalue weighted by Crippen LogP contribution is -2.23. The minimum absolute atomic E-state index is 0.896. The Labute approximate surface area is 70.6 Å². The second-order valence-electron chi connectivity index (χ2n) is 4.04. The Morgan fingerprint density at radius 2 is 1.64 bits per heavy atom. The molecule has 0 spiro atoms. The molecule has 0 saturated carbocycles. The molecule has 1 N–H and O–H groups in total. The van der Waals surface area contributed by atoms with Crippen LogP contribution in [0.25, 0.3) is 0 Å². The van der Waals surface area contributed by atoms with Crippen LogP contribution in [0, 0.1) is 11.8 Å². The highest BCUT2D eigenvalue weighted by Crippen LogP contribution is 2.22. The molecule has 0 amide bonds. The van der Waals surface area contributed by atoms with Gasteiger partial charge in [0.2, 0.25) is 0 Å². The van der Waals surface area contributed by atoms with E-state index in [9.17, 15) is 0 Å². The zero-order valence-corrected chi connectivity index (χ0v) is 7.90. The van der Waals surface area contributed by atoms with Crippen LogP contribution in [0.5, 0.6) is 0 Å². The number of rotatable bonds is 1. The van der Waals surface area contributed by atoms with Gasteiger partial charge in [0.05, 0.1) is 0 Å². The van der Waals surface area contributed by atoms with Crippen LogP contribution in [-0.4, -0.2) is 13.1 Å². The standard InChI is InChI=1S/C10H21N/c1-9(2)10-5-3-7-11-8-4-6-10/h9-11H,3-8H2,1-2H3. The van der Waals surface area contributed by atoms with Gasteiger partial charge in [0, 0.05) is 0 Å². The topological polar surface area (TPSA) is 12.0 Å². The van der Waals surface area contributed by atoms with Crippen LogP contribution < -0.4 is 5.32 Å². The minimum atomic E-state index is 0.896. The molecule has 0 radical (unpaired) electrons. The fourth-order valence-corrected chi connectivity index (χ4v) is 1.91. The molecule has 0 aromatic heterocycles. The Bertz CT molecular complexity index is 91.0. The van der Waals surface area contributed by atoms with E-state index in [0.717, 1.165) is 11.8 Å². The Kier molecular flexibility index (Phi) is 3.92. The molecule has 1 heteroatoms. The number of nitrogens with one attached hydrogen (secondary N) is 1. The van der Waals surface area contributed by atoms with Crippen molar-refractivity contribution in [1.82, 2.24) is 5.32 Å². The fourth-order valence-electron chi connectivity index (χ4n) is 1.91. The molecular weight excluding hydrogens is 134 g/mol. The molecule has 0 bridgehead atoms. The Morgan fingerprint density at radius 3 is 2.09 bits per heavy atom. The zero-order chi connectivity index (χ0) is 8.10. The van der Waals surface area contributed by atoms with Crippen LogP contribution >= 0.6 is 0 Å². The molecule has 66 valence electrons. The molecule has 1 aliphatic rings. The average molecular weight is 155 g/mol. The van der Waals surface area contributed by atoms with Gasteiger partial charge < -0.3 is 5.32 Å². The average Bonchev–Trinajstić information content (AvgIpc) is 1.84. The van der Waals surface area contributed by atoms with Gasteiger partial charge in [0.15, 0.2) is 0 Å². The lowest BCUT2D eigenvalue weighted by molar-refractivity contribution is 0.303. The van der Waals surface area contributed by atoms with Crippen molar-refractivity contribution in [3.63, 3.8) is 0 Å². The van der Waals surface area contributed by atoms with Crippen LogP contribution in [-0.2, 0) is 0 Å². The minimum Gasteiger partial charge on any atom is -0.317 e. The van der Waals surface area contributed by atoms with Gasteiger partial charge >= 0.3 is 0 Å². The van der Waals surface area contributed by atoms with Crippen LogP contribution in [0.4, 0.5) is 0 Å². The van der Waals surface area contributed by atoms with Gasteiger partial charge in [0.25, 0.3) is 0 Å². The molecule has 11 heavy (non-hydrogen) atoms. The first-order valence-corrected chi connectivity index (χ1v) is 5.01. The summed E-state index contributed by atoms with van der Waals surface area (Å²) in [6.07, 6.45) is 5.63. The molecule has 0 atom stereocenters. The highest BCUT2D eigenvalue weighted by atomic mass is 14.8. The highest BCUT2D eigenvalue weighted by Gasteiger charge is 2.13. The fraction of sp³-hybridized carbons (Fsp3) is 1.00. The normalized spacial score (nSPS) is 23.2. The summed E-state index contributed by atoms with van der Waals surface area (Å²) in [5.41, 5.74) is 0. The summed E-state index contributed by atoms with van der Waals surface area (Å²) < 4.78 is 0. The smallest absolute Gasteiger partial charge is 0.00488 e. The van der Waals surface area contributed by atoms with Gasteiger partial charge in [-0.1, -0.05) is 13.8 Å². The van der Waals surface area contributed by atoms with Gasteiger partial charge in [-0.05, 0) is 50.6 Å². The maximum atomic E-state index is 3.45. The molecule has 0 aromatic rings. The van der Waals surface area contributed by atoms with Gasteiger partial charge in [-0.2, -0.15) is 0 Å². The highest BCUT2D eigenvalue weighted by molar-refractivity contribution is 4.67. The number of hydrogen-bond acceptors (Lipinski definition) is 1. The molecule has 1 saturated heterocycles. The first-order valence-electron chi connectivity index (χ1n) is 5.01. The van der Waals surface area contributed by atoms with Crippen LogP contribution in [0.15, 0.2) is 0 Å². The lowest BCUT2D eigenvalue weighted by atomic mass is 9.86. The summed E-state index contributed by atoms with van der Waals surface area (Å²) >= 11 is 0. The monoisotopic (exact) mass is 155 g/mol. The summed E-state index contributed by atoms with van der Waals surface area (Å²) in [6, 6.07) is 0. The van der Waals surface area contributed by atoms with Gasteiger partial charge in [-0.15, -0.1) is 0 Å². The van der Waals surface area contributed by atoms with E-state index in [2.05, 4.69) is 19.2 Å². The van der Waals surface area contributed by atoms with E-state index in [0.29, 0.717) is 0 Å². The molecule has 1 heterocycles. The summed E-state index contributed by atoms with van der Waals surface area (Å²) in [5, 5.41) is 3.45. The second kappa shape index (κ2) is 4.76. The molecular formula is C10H21N. The van der Waals surface area contributed by atoms with E-state index >= 15 is 0 Å². The van der Waals surface area contributed by atoms with E-state index < -0.39 is 0 Å². The molecule has 0 aliphatic carbocycles. The molecule has 1 fully saturated rings. The quantitative estimate of drug-likeness (QED) is 0.613. The summed E-state index contributed by atoms with van der Waals surface area (Å²) in [7, 11) is 0. The van der Waals surface area contributed by atoms with Crippen LogP contribution in [0.3, 0.4) is 0 Å². The van der Waals surface area contributed by atoms with E-state index in [-0.39, 0.29) is 0 Å². The van der Waals surface area contributed by atoms with Crippen molar-refractivity contribution in [3.8, 4) is 0 Å². The first-order chi connectivity index (χ1) is 5.30. The Hall–Kier alpha value is -0.0400. The predicted octanol–water partition coefficient (Wildman–Crippen LogP) is 2.42. The molecule has 1 aliphatic heterocycles. The van der Waals surface area contributed by atoms with Gasteiger partial charge in [0.1, 0.15) is 0 Å². The largest absolute Gasteiger partial charge is 0.317 e. The van der Waals surface area contributed by atoms with Crippen molar-refractivity contribution in [1.29, 1.82) is 0 Å². The van der Waals surface area contributed by atoms with Crippen molar-refractivity contribution in [2.24, 2.45) is 11.8 Å². The lowest BCUT2D eigenvalue weighted by Gasteiger charge is -2.23. The van der Waals surface area contributed by atoms with Crippen molar-refractivity contribution in [2.75, 3.05) is 13.1 Å². The molecule has 0 aromatic carbocycles. The predicted molar refractivity (Wildman–Crippen MR) is 49.7 cm³/mol. The zero-order valence-electron chi connectivity index (χ0n) is 7.90. The van der Waals surface area contributed by atoms with Crippen molar-refractivity contribution in [2.45, 2.75) is 39.5 Å². The second-order valence-corrected chi connectivity index (χ2v) is 4.04. The van der Waals surface area contributed by atoms with Crippen molar-refractivity contribution < 1.29 is 0 Å². The van der Waals surface area contributed by atoms with E-state index in [1.807, 2.05) is 0 Å². The summed E-state index contributed by atoms with van der Waals surface area (Å²) in [6.45, 7) is 7.20. The molecule has 1 rings (SSSR count). The Balaban J connectivity index is 2.26. The maximum Gasteiger partial charge on any atom is -0.00488 e. The molecule has 0 unspecified atom stereocenters. The van der Waals surface area contributed by atoms with E-state index in [4.69, 9.17) is 0 Å². The van der Waals surface area contributed by atoms with Crippen LogP contribution in [0.1, 0.15) is 39.5 Å². The summed E-state index contributed by atoms with van der Waals surface area (Å²) in [5.74, 6) is 1.89. The third-order valence-electron chi connectivity index (χ3n) is 2.80. The van der Waals surface area contributed by atoms with Crippen molar-refractivity contribution in [3.05, 3.63) is 0 Å². The third kappa shape index (κ3) is 3.24. The third-order valence-corrected chi connectivity index (χ3v) is 2.80. The number of hydrogen-bond donors (Lipinski definition) is 1. The first kappa shape index (κ1) is 9.05. The van der Waals surface area contributed by atoms with E-state index in [1.165, 1.54) is 38.8 Å². The SMILES string of the molecule is CC(C)C1CCCNCCC1. The van der Waals surface area contributed by atoms with Crippen LogP contribution in [0.2, 0.25) is 0 Å². The van der Waals surface area contributed by atoms with Gasteiger partial charge in [-0.3, -0.25) is 0 Å². The molecule has 1 nitrogen and oxygen atoms in total. The van der Waals surface area contributed by atoms with E-state index in [1.54, 1.807) is 0 Å². The Morgan fingerprint density at radius 1 is 1.09 bits per heavy atom. The van der Waals surface area contributed by atoms with Crippen molar-refractivity contribution >= 4 is 0 Å². The summed E-state index contributed by atoms with van der Waals surface area (Å²) in [4.78, 5) is 0. The maximum absolute atomic E-state index is 3.45.